The van der Waals surface area contributed by atoms with Gasteiger partial charge in [-0.2, -0.15) is 0 Å². The van der Waals surface area contributed by atoms with Crippen molar-refractivity contribution in [2.24, 2.45) is 5.41 Å². The fourth-order valence-electron chi connectivity index (χ4n) is 2.56. The summed E-state index contributed by atoms with van der Waals surface area (Å²) in [7, 11) is 0. The molecule has 1 unspecified atom stereocenters. The monoisotopic (exact) mass is 367 g/mol. The van der Waals surface area contributed by atoms with E-state index < -0.39 is 11.5 Å². The van der Waals surface area contributed by atoms with Gasteiger partial charge >= 0.3 is 0 Å². The number of halogens is 1. The van der Waals surface area contributed by atoms with Gasteiger partial charge in [0, 0.05) is 18.2 Å². The van der Waals surface area contributed by atoms with E-state index in [4.69, 9.17) is 17.3 Å². The Morgan fingerprint density at radius 2 is 1.88 bits per heavy atom. The van der Waals surface area contributed by atoms with Gasteiger partial charge in [-0.15, -0.1) is 0 Å². The summed E-state index contributed by atoms with van der Waals surface area (Å²) in [4.78, 5) is 27.5. The maximum atomic E-state index is 13.1. The molecule has 1 aromatic carbocycles. The Morgan fingerprint density at radius 1 is 1.28 bits per heavy atom. The van der Waals surface area contributed by atoms with E-state index in [-0.39, 0.29) is 17.9 Å². The van der Waals surface area contributed by atoms with Crippen LogP contribution < -0.4 is 11.1 Å². The Hall–Kier alpha value is -1.75. The smallest absolute Gasteiger partial charge is 0.252 e. The first-order valence-corrected chi connectivity index (χ1v) is 9.03. The zero-order chi connectivity index (χ0) is 19.4. The van der Waals surface area contributed by atoms with Crippen molar-refractivity contribution >= 4 is 29.1 Å². The second kappa shape index (κ2) is 8.56. The zero-order valence-corrected chi connectivity index (χ0v) is 16.8. The fourth-order valence-corrected chi connectivity index (χ4v) is 2.74. The second-order valence-electron chi connectivity index (χ2n) is 7.63. The lowest BCUT2D eigenvalue weighted by Crippen LogP contribution is -2.56. The van der Waals surface area contributed by atoms with Crippen LogP contribution in [0.25, 0.3) is 0 Å². The minimum absolute atomic E-state index is 0.0696. The van der Waals surface area contributed by atoms with Crippen LogP contribution in [-0.2, 0) is 4.79 Å². The van der Waals surface area contributed by atoms with E-state index in [1.165, 1.54) is 6.07 Å². The molecule has 25 heavy (non-hydrogen) atoms. The van der Waals surface area contributed by atoms with Crippen molar-refractivity contribution in [2.45, 2.75) is 60.0 Å². The van der Waals surface area contributed by atoms with E-state index in [9.17, 15) is 9.59 Å². The highest BCUT2D eigenvalue weighted by Gasteiger charge is 2.36. The molecular weight excluding hydrogens is 338 g/mol. The second-order valence-corrected chi connectivity index (χ2v) is 8.04. The molecular formula is C19H30ClN3O2. The molecule has 5 nitrogen and oxygen atoms in total. The summed E-state index contributed by atoms with van der Waals surface area (Å²) in [6, 6.07) is 4.14. The summed E-state index contributed by atoms with van der Waals surface area (Å²) in [6.45, 7) is 12.5. The van der Waals surface area contributed by atoms with Crippen molar-refractivity contribution in [1.29, 1.82) is 0 Å². The third-order valence-electron chi connectivity index (χ3n) is 4.02. The lowest BCUT2D eigenvalue weighted by Gasteiger charge is -2.36. The first-order chi connectivity index (χ1) is 11.5. The normalized spacial score (nSPS) is 12.8. The van der Waals surface area contributed by atoms with Gasteiger partial charge in [-0.1, -0.05) is 39.3 Å². The Labute approximate surface area is 155 Å². The molecule has 0 radical (unpaired) electrons. The topological polar surface area (TPSA) is 75.4 Å². The summed E-state index contributed by atoms with van der Waals surface area (Å²) in [5.74, 6) is -0.408. The van der Waals surface area contributed by atoms with Crippen LogP contribution in [0.4, 0.5) is 5.69 Å². The van der Waals surface area contributed by atoms with Gasteiger partial charge in [0.05, 0.1) is 10.7 Å². The van der Waals surface area contributed by atoms with Crippen LogP contribution in [0.1, 0.15) is 58.3 Å². The minimum atomic E-state index is -0.634. The van der Waals surface area contributed by atoms with Crippen LogP contribution in [-0.4, -0.2) is 35.3 Å². The number of rotatable bonds is 6. The molecule has 0 fully saturated rings. The first-order valence-electron chi connectivity index (χ1n) is 8.65. The molecule has 1 rings (SSSR count). The third kappa shape index (κ3) is 5.63. The van der Waals surface area contributed by atoms with Crippen molar-refractivity contribution < 1.29 is 9.59 Å². The highest BCUT2D eigenvalue weighted by molar-refractivity contribution is 6.33. The number of carbonyl (C=O) groups excluding carboxylic acids is 2. The Balaban J connectivity index is 3.09. The molecule has 2 amide bonds. The maximum absolute atomic E-state index is 13.1. The highest BCUT2D eigenvalue weighted by Crippen LogP contribution is 2.24. The van der Waals surface area contributed by atoms with Gasteiger partial charge < -0.3 is 16.0 Å². The van der Waals surface area contributed by atoms with Gasteiger partial charge in [-0.25, -0.2) is 0 Å². The van der Waals surface area contributed by atoms with Crippen LogP contribution in [0.3, 0.4) is 0 Å². The number of benzene rings is 1. The maximum Gasteiger partial charge on any atom is 0.252 e. The number of amides is 2. The van der Waals surface area contributed by atoms with Gasteiger partial charge in [0.15, 0.2) is 0 Å². The highest BCUT2D eigenvalue weighted by atomic mass is 35.5. The molecule has 1 atom stereocenters. The number of anilines is 1. The van der Waals surface area contributed by atoms with Crippen molar-refractivity contribution in [1.82, 2.24) is 10.2 Å². The van der Waals surface area contributed by atoms with Gasteiger partial charge in [-0.3, -0.25) is 9.59 Å². The summed E-state index contributed by atoms with van der Waals surface area (Å²) in [6.07, 6.45) is 0.863. The van der Waals surface area contributed by atoms with Crippen molar-refractivity contribution in [3.05, 3.63) is 28.8 Å². The van der Waals surface area contributed by atoms with Crippen molar-refractivity contribution in [3.63, 3.8) is 0 Å². The first kappa shape index (κ1) is 21.3. The standard InChI is InChI=1S/C19H30ClN3O2/c1-7-10-23(12(2)3)18(25)16(19(4,5)6)22-17(24)13-8-9-15(21)14(20)11-13/h8-9,11-12,16H,7,10,21H2,1-6H3,(H,22,24). The van der Waals surface area contributed by atoms with E-state index in [0.29, 0.717) is 22.8 Å². The fraction of sp³-hybridized carbons (Fsp3) is 0.579. The summed E-state index contributed by atoms with van der Waals surface area (Å²) in [5, 5.41) is 3.20. The van der Waals surface area contributed by atoms with E-state index in [1.54, 1.807) is 12.1 Å². The lowest BCUT2D eigenvalue weighted by molar-refractivity contribution is -0.137. The number of nitrogens with two attached hydrogens (primary N) is 1. The van der Waals surface area contributed by atoms with Crippen molar-refractivity contribution in [3.8, 4) is 0 Å². The van der Waals surface area contributed by atoms with Crippen LogP contribution in [0.5, 0.6) is 0 Å². The predicted molar refractivity (Wildman–Crippen MR) is 104 cm³/mol. The minimum Gasteiger partial charge on any atom is -0.398 e. The Kier molecular flexibility index (Phi) is 7.29. The SMILES string of the molecule is CCCN(C(=O)C(NC(=O)c1ccc(N)c(Cl)c1)C(C)(C)C)C(C)C. The Bertz CT molecular complexity index is 624. The molecule has 0 aliphatic rings. The third-order valence-corrected chi connectivity index (χ3v) is 4.35. The van der Waals surface area contributed by atoms with Crippen LogP contribution in [0.2, 0.25) is 5.02 Å². The number of hydrogen-bond donors (Lipinski definition) is 2. The molecule has 0 bridgehead atoms. The number of nitrogens with one attached hydrogen (secondary N) is 1. The molecule has 140 valence electrons. The van der Waals surface area contributed by atoms with Crippen LogP contribution in [0.15, 0.2) is 18.2 Å². The molecule has 0 aliphatic heterocycles. The Morgan fingerprint density at radius 3 is 2.32 bits per heavy atom. The van der Waals surface area contributed by atoms with Gasteiger partial charge in [-0.05, 0) is 43.9 Å². The zero-order valence-electron chi connectivity index (χ0n) is 16.0. The average molecular weight is 368 g/mol. The van der Waals surface area contributed by atoms with Crippen LogP contribution in [0, 0.1) is 5.41 Å². The van der Waals surface area contributed by atoms with E-state index in [1.807, 2.05) is 46.4 Å². The predicted octanol–water partition coefficient (Wildman–Crippen LogP) is 3.71. The number of hydrogen-bond acceptors (Lipinski definition) is 3. The molecule has 0 spiro atoms. The largest absolute Gasteiger partial charge is 0.398 e. The average Bonchev–Trinajstić information content (AvgIpc) is 2.50. The summed E-state index contributed by atoms with van der Waals surface area (Å²) in [5.41, 5.74) is 6.06. The van der Waals surface area contributed by atoms with Crippen LogP contribution >= 0.6 is 11.6 Å². The van der Waals surface area contributed by atoms with E-state index >= 15 is 0 Å². The quantitative estimate of drug-likeness (QED) is 0.752. The summed E-state index contributed by atoms with van der Waals surface area (Å²) < 4.78 is 0. The molecule has 3 N–H and O–H groups in total. The number of carbonyl (C=O) groups is 2. The molecule has 0 aromatic heterocycles. The van der Waals surface area contributed by atoms with Gasteiger partial charge in [0.25, 0.3) is 5.91 Å². The number of nitrogen functional groups attached to an aromatic ring is 1. The van der Waals surface area contributed by atoms with Gasteiger partial charge in [0.2, 0.25) is 5.91 Å². The van der Waals surface area contributed by atoms with E-state index in [2.05, 4.69) is 5.32 Å². The van der Waals surface area contributed by atoms with E-state index in [0.717, 1.165) is 6.42 Å². The molecule has 0 saturated heterocycles. The molecule has 0 saturated carbocycles. The lowest BCUT2D eigenvalue weighted by atomic mass is 9.85. The number of nitrogens with zero attached hydrogens (tertiary/aromatic N) is 1. The van der Waals surface area contributed by atoms with Gasteiger partial charge in [0.1, 0.15) is 6.04 Å². The molecule has 1 aromatic rings. The molecule has 6 heteroatoms. The molecule has 0 aliphatic carbocycles. The molecule has 0 heterocycles. The van der Waals surface area contributed by atoms with Crippen molar-refractivity contribution in [2.75, 3.05) is 12.3 Å². The summed E-state index contributed by atoms with van der Waals surface area (Å²) >= 11 is 6.00.